The highest BCUT2D eigenvalue weighted by atomic mass is 19.1. The van der Waals surface area contributed by atoms with Crippen molar-refractivity contribution in [1.82, 2.24) is 25.1 Å². The van der Waals surface area contributed by atoms with E-state index in [1.165, 1.54) is 6.21 Å². The second kappa shape index (κ2) is 8.87. The summed E-state index contributed by atoms with van der Waals surface area (Å²) in [6.07, 6.45) is 6.19. The lowest BCUT2D eigenvalue weighted by atomic mass is 10.1. The van der Waals surface area contributed by atoms with Gasteiger partial charge in [-0.1, -0.05) is 12.1 Å². The molecular formula is C20H24FN9. The Morgan fingerprint density at radius 2 is 2.10 bits per heavy atom. The topological polar surface area (TPSA) is 107 Å². The summed E-state index contributed by atoms with van der Waals surface area (Å²) in [4.78, 5) is 10.7. The molecule has 4 N–H and O–H groups in total. The molecule has 0 bridgehead atoms. The number of aryl methyl sites for hydroxylation is 1. The summed E-state index contributed by atoms with van der Waals surface area (Å²) in [5, 5.41) is 21.2. The molecule has 1 aliphatic rings. The van der Waals surface area contributed by atoms with Crippen molar-refractivity contribution in [3.63, 3.8) is 0 Å². The van der Waals surface area contributed by atoms with E-state index in [9.17, 15) is 0 Å². The van der Waals surface area contributed by atoms with Gasteiger partial charge >= 0.3 is 0 Å². The minimum absolute atomic E-state index is 0.230. The molecule has 1 fully saturated rings. The first-order valence-electron chi connectivity index (χ1n) is 9.74. The number of nitrogens with zero attached hydrogens (tertiary/aromatic N) is 5. The third kappa shape index (κ3) is 4.38. The van der Waals surface area contributed by atoms with Gasteiger partial charge in [0.25, 0.3) is 0 Å². The molecule has 0 atom stereocenters. The summed E-state index contributed by atoms with van der Waals surface area (Å²) in [5.41, 5.74) is 2.43. The van der Waals surface area contributed by atoms with Crippen LogP contribution in [0.1, 0.15) is 11.1 Å². The third-order valence-electron chi connectivity index (χ3n) is 4.90. The summed E-state index contributed by atoms with van der Waals surface area (Å²) in [6, 6.07) is 5.44. The maximum absolute atomic E-state index is 15.1. The van der Waals surface area contributed by atoms with Gasteiger partial charge in [-0.2, -0.15) is 10.1 Å². The zero-order valence-corrected chi connectivity index (χ0v) is 16.7. The van der Waals surface area contributed by atoms with Crippen LogP contribution in [0.25, 0.3) is 0 Å². The first-order valence-corrected chi connectivity index (χ1v) is 9.74. The Morgan fingerprint density at radius 3 is 2.83 bits per heavy atom. The Morgan fingerprint density at radius 1 is 1.27 bits per heavy atom. The minimum atomic E-state index is -0.230. The summed E-state index contributed by atoms with van der Waals surface area (Å²) in [6.45, 7) is 3.49. The molecule has 1 aromatic carbocycles. The molecule has 0 unspecified atom stereocenters. The molecule has 3 heterocycles. The largest absolute Gasteiger partial charge is 0.367 e. The van der Waals surface area contributed by atoms with E-state index in [0.29, 0.717) is 28.6 Å². The van der Waals surface area contributed by atoms with E-state index in [4.69, 9.17) is 5.41 Å². The summed E-state index contributed by atoms with van der Waals surface area (Å²) in [7, 11) is 1.82. The van der Waals surface area contributed by atoms with Gasteiger partial charge in [-0.05, 0) is 6.07 Å². The van der Waals surface area contributed by atoms with E-state index < -0.39 is 0 Å². The Bertz CT molecular complexity index is 1030. The van der Waals surface area contributed by atoms with Crippen LogP contribution in [0, 0.1) is 11.2 Å². The molecule has 0 amide bonds. The first-order chi connectivity index (χ1) is 14.6. The van der Waals surface area contributed by atoms with Gasteiger partial charge in [0.1, 0.15) is 5.82 Å². The van der Waals surface area contributed by atoms with Crippen LogP contribution in [0.4, 0.5) is 27.5 Å². The van der Waals surface area contributed by atoms with Crippen molar-refractivity contribution in [2.75, 3.05) is 41.7 Å². The van der Waals surface area contributed by atoms with Gasteiger partial charge in [-0.15, -0.1) is 0 Å². The predicted molar refractivity (Wildman–Crippen MR) is 115 cm³/mol. The van der Waals surface area contributed by atoms with Gasteiger partial charge in [0.05, 0.1) is 23.1 Å². The average molecular weight is 409 g/mol. The van der Waals surface area contributed by atoms with Crippen LogP contribution in [0.2, 0.25) is 0 Å². The summed E-state index contributed by atoms with van der Waals surface area (Å²) in [5.74, 6) is 0.593. The molecule has 30 heavy (non-hydrogen) atoms. The number of benzene rings is 1. The molecule has 2 aromatic heterocycles. The molecule has 0 radical (unpaired) electrons. The highest BCUT2D eigenvalue weighted by molar-refractivity contribution is 5.84. The van der Waals surface area contributed by atoms with Gasteiger partial charge in [0.15, 0.2) is 5.82 Å². The number of anilines is 4. The van der Waals surface area contributed by atoms with E-state index in [2.05, 4.69) is 35.9 Å². The number of aromatic nitrogens is 4. The van der Waals surface area contributed by atoms with Crippen LogP contribution in [-0.2, 0) is 13.6 Å². The molecule has 3 aromatic rings. The van der Waals surface area contributed by atoms with Crippen LogP contribution in [0.15, 0.2) is 36.8 Å². The Hall–Kier alpha value is -3.53. The first kappa shape index (κ1) is 19.8. The van der Waals surface area contributed by atoms with Crippen molar-refractivity contribution in [2.45, 2.75) is 6.54 Å². The molecule has 10 heteroatoms. The molecule has 1 aliphatic heterocycles. The number of rotatable bonds is 7. The zero-order valence-electron chi connectivity index (χ0n) is 16.7. The predicted octanol–water partition coefficient (Wildman–Crippen LogP) is 2.11. The number of piperazine rings is 1. The lowest BCUT2D eigenvalue weighted by Gasteiger charge is -2.30. The van der Waals surface area contributed by atoms with Gasteiger partial charge < -0.3 is 26.3 Å². The molecule has 1 saturated heterocycles. The molecule has 0 saturated carbocycles. The lowest BCUT2D eigenvalue weighted by Crippen LogP contribution is -2.44. The Balaban J connectivity index is 1.51. The van der Waals surface area contributed by atoms with E-state index in [-0.39, 0.29) is 12.4 Å². The van der Waals surface area contributed by atoms with Gasteiger partial charge in [-0.25, -0.2) is 9.37 Å². The Labute approximate surface area is 173 Å². The van der Waals surface area contributed by atoms with E-state index in [0.717, 1.165) is 31.9 Å². The lowest BCUT2D eigenvalue weighted by molar-refractivity contribution is 0.561. The summed E-state index contributed by atoms with van der Waals surface area (Å²) < 4.78 is 16.8. The quantitative estimate of drug-likeness (QED) is 0.443. The number of nitrogens with one attached hydrogen (secondary N) is 4. The van der Waals surface area contributed by atoms with Crippen molar-refractivity contribution in [1.29, 1.82) is 5.41 Å². The molecule has 0 spiro atoms. The second-order valence-corrected chi connectivity index (χ2v) is 7.01. The van der Waals surface area contributed by atoms with Crippen LogP contribution in [-0.4, -0.2) is 52.1 Å². The molecule has 9 nitrogen and oxygen atoms in total. The molecule has 0 aliphatic carbocycles. The Kier molecular flexibility index (Phi) is 5.84. The normalized spacial score (nSPS) is 13.9. The van der Waals surface area contributed by atoms with Crippen LogP contribution in [0.3, 0.4) is 0 Å². The van der Waals surface area contributed by atoms with E-state index in [1.807, 2.05) is 19.2 Å². The number of halogens is 1. The van der Waals surface area contributed by atoms with Crippen molar-refractivity contribution in [2.24, 2.45) is 7.05 Å². The van der Waals surface area contributed by atoms with Crippen LogP contribution >= 0.6 is 0 Å². The maximum Gasteiger partial charge on any atom is 0.229 e. The molecule has 156 valence electrons. The highest BCUT2D eigenvalue weighted by Gasteiger charge is 2.17. The average Bonchev–Trinajstić information content (AvgIpc) is 3.18. The van der Waals surface area contributed by atoms with E-state index >= 15 is 4.39 Å². The summed E-state index contributed by atoms with van der Waals surface area (Å²) >= 11 is 0. The van der Waals surface area contributed by atoms with Crippen molar-refractivity contribution in [3.8, 4) is 0 Å². The van der Waals surface area contributed by atoms with Crippen molar-refractivity contribution >= 4 is 29.4 Å². The van der Waals surface area contributed by atoms with Crippen molar-refractivity contribution < 1.29 is 4.39 Å². The molecule has 4 rings (SSSR count). The van der Waals surface area contributed by atoms with Crippen LogP contribution in [0.5, 0.6) is 0 Å². The van der Waals surface area contributed by atoms with E-state index in [1.54, 1.807) is 29.3 Å². The SMILES string of the molecule is Cn1cc(Nc2ncc(C=N)c(NCc3cccc(N4CCNCC4)c3F)n2)cn1. The fourth-order valence-corrected chi connectivity index (χ4v) is 3.35. The standard InChI is InChI=1S/C20H24FN9/c1-29-13-16(12-26-29)27-20-25-11-15(9-22)19(28-20)24-10-14-3-2-4-17(18(14)21)30-7-5-23-6-8-30/h2-4,9,11-13,22-23H,5-8,10H2,1H3,(H2,24,25,27,28). The monoisotopic (exact) mass is 409 g/mol. The molecular weight excluding hydrogens is 385 g/mol. The number of hydrogen-bond acceptors (Lipinski definition) is 8. The van der Waals surface area contributed by atoms with Gasteiger partial charge in [0.2, 0.25) is 5.95 Å². The fraction of sp³-hybridized carbons (Fsp3) is 0.300. The highest BCUT2D eigenvalue weighted by Crippen LogP contribution is 2.24. The fourth-order valence-electron chi connectivity index (χ4n) is 3.35. The zero-order chi connectivity index (χ0) is 20.9. The maximum atomic E-state index is 15.1. The van der Waals surface area contributed by atoms with Crippen molar-refractivity contribution in [3.05, 3.63) is 53.7 Å². The second-order valence-electron chi connectivity index (χ2n) is 7.01. The van der Waals surface area contributed by atoms with Gasteiger partial charge in [0, 0.05) is 63.9 Å². The van der Waals surface area contributed by atoms with Crippen LogP contribution < -0.4 is 20.9 Å². The smallest absolute Gasteiger partial charge is 0.229 e. The van der Waals surface area contributed by atoms with Gasteiger partial charge in [-0.3, -0.25) is 4.68 Å². The number of hydrogen-bond donors (Lipinski definition) is 4. The minimum Gasteiger partial charge on any atom is -0.367 e. The third-order valence-corrected chi connectivity index (χ3v) is 4.90.